The summed E-state index contributed by atoms with van der Waals surface area (Å²) in [5.74, 6) is 1.00. The van der Waals surface area contributed by atoms with Crippen LogP contribution in [0.4, 0.5) is 5.69 Å². The average molecular weight is 467 g/mol. The van der Waals surface area contributed by atoms with Crippen molar-refractivity contribution in [3.63, 3.8) is 0 Å². The van der Waals surface area contributed by atoms with Crippen LogP contribution in [-0.2, 0) is 11.2 Å². The number of fused-ring (bicyclic) bond motifs is 1. The van der Waals surface area contributed by atoms with Crippen LogP contribution in [-0.4, -0.2) is 53.5 Å². The largest absolute Gasteiger partial charge is 0.497 e. The van der Waals surface area contributed by atoms with Crippen molar-refractivity contribution in [2.75, 3.05) is 38.2 Å². The lowest BCUT2D eigenvalue weighted by Gasteiger charge is -2.36. The molecule has 3 heterocycles. The number of carbonyl (C=O) groups excluding carboxylic acids is 1. The molecule has 2 aromatic heterocycles. The summed E-state index contributed by atoms with van der Waals surface area (Å²) in [6.45, 7) is 3.09. The average Bonchev–Trinajstić information content (AvgIpc) is 3.42. The Kier molecular flexibility index (Phi) is 5.76. The van der Waals surface area contributed by atoms with Gasteiger partial charge in [0.15, 0.2) is 4.96 Å². The number of anilines is 1. The van der Waals surface area contributed by atoms with Crippen molar-refractivity contribution < 1.29 is 9.53 Å². The van der Waals surface area contributed by atoms with Gasteiger partial charge in [-0.05, 0) is 36.4 Å². The van der Waals surface area contributed by atoms with E-state index in [-0.39, 0.29) is 5.91 Å². The number of rotatable bonds is 5. The maximum Gasteiger partial charge on any atom is 0.228 e. The molecule has 1 aliphatic heterocycles. The molecule has 0 atom stereocenters. The molecule has 0 saturated carbocycles. The highest BCUT2D eigenvalue weighted by Crippen LogP contribution is 2.26. The molecule has 0 radical (unpaired) electrons. The van der Waals surface area contributed by atoms with E-state index in [1.807, 2.05) is 57.3 Å². The molecule has 1 amide bonds. The number of ether oxygens (including phenoxy) is 1. The first kappa shape index (κ1) is 20.8. The molecule has 0 spiro atoms. The molecule has 164 valence electrons. The monoisotopic (exact) mass is 466 g/mol. The third-order valence-corrected chi connectivity index (χ3v) is 6.97. The lowest BCUT2D eigenvalue weighted by Crippen LogP contribution is -2.49. The Hall–Kier alpha value is -3.03. The number of halogens is 1. The molecule has 0 bridgehead atoms. The Bertz CT molecular complexity index is 1230. The van der Waals surface area contributed by atoms with Gasteiger partial charge < -0.3 is 14.5 Å². The fourth-order valence-corrected chi connectivity index (χ4v) is 4.99. The summed E-state index contributed by atoms with van der Waals surface area (Å²) in [6, 6.07) is 15.7. The smallest absolute Gasteiger partial charge is 0.228 e. The summed E-state index contributed by atoms with van der Waals surface area (Å²) in [7, 11) is 1.67. The summed E-state index contributed by atoms with van der Waals surface area (Å²) < 4.78 is 7.26. The number of imidazole rings is 1. The Morgan fingerprint density at radius 1 is 1.06 bits per heavy atom. The van der Waals surface area contributed by atoms with Crippen molar-refractivity contribution in [3.05, 3.63) is 70.8 Å². The summed E-state index contributed by atoms with van der Waals surface area (Å²) in [6.07, 6.45) is 2.37. The van der Waals surface area contributed by atoms with Crippen molar-refractivity contribution in [1.29, 1.82) is 0 Å². The van der Waals surface area contributed by atoms with Gasteiger partial charge in [-0.3, -0.25) is 9.20 Å². The highest BCUT2D eigenvalue weighted by atomic mass is 35.5. The quantitative estimate of drug-likeness (QED) is 0.431. The van der Waals surface area contributed by atoms with Crippen molar-refractivity contribution >= 4 is 39.5 Å². The molecule has 0 N–H and O–H groups in total. The molecule has 4 aromatic rings. The molecule has 0 aliphatic carbocycles. The first-order chi connectivity index (χ1) is 15.6. The van der Waals surface area contributed by atoms with Crippen LogP contribution in [0.25, 0.3) is 16.2 Å². The van der Waals surface area contributed by atoms with Gasteiger partial charge in [-0.25, -0.2) is 4.98 Å². The van der Waals surface area contributed by atoms with Crippen LogP contribution < -0.4 is 9.64 Å². The van der Waals surface area contributed by atoms with Gasteiger partial charge in [-0.2, -0.15) is 0 Å². The van der Waals surface area contributed by atoms with E-state index in [1.165, 1.54) is 0 Å². The Morgan fingerprint density at radius 2 is 1.78 bits per heavy atom. The Labute approximate surface area is 195 Å². The third-order valence-electron chi connectivity index (χ3n) is 5.83. The van der Waals surface area contributed by atoms with Crippen LogP contribution in [0.2, 0.25) is 5.02 Å². The topological polar surface area (TPSA) is 50.1 Å². The highest BCUT2D eigenvalue weighted by molar-refractivity contribution is 7.15. The van der Waals surface area contributed by atoms with E-state index in [1.54, 1.807) is 18.4 Å². The van der Waals surface area contributed by atoms with Crippen LogP contribution >= 0.6 is 22.9 Å². The van der Waals surface area contributed by atoms with E-state index in [2.05, 4.69) is 17.0 Å². The van der Waals surface area contributed by atoms with Gasteiger partial charge in [0.1, 0.15) is 5.75 Å². The Balaban J connectivity index is 1.23. The van der Waals surface area contributed by atoms with Gasteiger partial charge in [-0.1, -0.05) is 23.7 Å². The first-order valence-electron chi connectivity index (χ1n) is 10.5. The minimum absolute atomic E-state index is 0.154. The van der Waals surface area contributed by atoms with E-state index in [9.17, 15) is 4.79 Å². The molecular formula is C24H23ClN4O2S. The number of benzene rings is 2. The number of aromatic nitrogens is 2. The minimum atomic E-state index is 0.154. The number of hydrogen-bond acceptors (Lipinski definition) is 5. The number of thiazole rings is 1. The fraction of sp³-hybridized carbons (Fsp3) is 0.250. The van der Waals surface area contributed by atoms with Crippen LogP contribution in [0.3, 0.4) is 0 Å². The van der Waals surface area contributed by atoms with Crippen molar-refractivity contribution in [1.82, 2.24) is 14.3 Å². The molecule has 32 heavy (non-hydrogen) atoms. The maximum absolute atomic E-state index is 13.0. The minimum Gasteiger partial charge on any atom is -0.497 e. The highest BCUT2D eigenvalue weighted by Gasteiger charge is 2.22. The van der Waals surface area contributed by atoms with Crippen LogP contribution in [0.5, 0.6) is 5.75 Å². The molecule has 1 aliphatic rings. The van der Waals surface area contributed by atoms with Gasteiger partial charge in [0.25, 0.3) is 0 Å². The fourth-order valence-electron chi connectivity index (χ4n) is 3.99. The van der Waals surface area contributed by atoms with E-state index >= 15 is 0 Å². The summed E-state index contributed by atoms with van der Waals surface area (Å²) in [4.78, 5) is 22.9. The maximum atomic E-state index is 13.0. The molecule has 0 unspecified atom stereocenters. The molecule has 8 heteroatoms. The second-order valence-electron chi connectivity index (χ2n) is 7.76. The van der Waals surface area contributed by atoms with Gasteiger partial charge in [-0.15, -0.1) is 11.3 Å². The van der Waals surface area contributed by atoms with Crippen LogP contribution in [0.1, 0.15) is 5.69 Å². The summed E-state index contributed by atoms with van der Waals surface area (Å²) in [5.41, 5.74) is 4.03. The SMILES string of the molecule is COc1ccc(N2CCN(C(=O)Cc3csc4nc(-c5ccc(Cl)cc5)cn34)CC2)cc1. The molecule has 2 aromatic carbocycles. The normalized spacial score (nSPS) is 14.2. The van der Waals surface area contributed by atoms with Gasteiger partial charge in [0.05, 0.1) is 19.2 Å². The van der Waals surface area contributed by atoms with Crippen molar-refractivity contribution in [3.8, 4) is 17.0 Å². The van der Waals surface area contributed by atoms with Gasteiger partial charge >= 0.3 is 0 Å². The molecule has 5 rings (SSSR count). The lowest BCUT2D eigenvalue weighted by atomic mass is 10.2. The number of methoxy groups -OCH3 is 1. The summed E-state index contributed by atoms with van der Waals surface area (Å²) >= 11 is 7.55. The number of carbonyl (C=O) groups is 1. The number of amides is 1. The molecule has 1 saturated heterocycles. The van der Waals surface area contributed by atoms with Crippen molar-refractivity contribution in [2.45, 2.75) is 6.42 Å². The second kappa shape index (κ2) is 8.84. The van der Waals surface area contributed by atoms with Crippen LogP contribution in [0, 0.1) is 0 Å². The second-order valence-corrected chi connectivity index (χ2v) is 9.03. The molecular weight excluding hydrogens is 444 g/mol. The predicted octanol–water partition coefficient (Wildman–Crippen LogP) is 4.62. The van der Waals surface area contributed by atoms with E-state index in [4.69, 9.17) is 21.3 Å². The van der Waals surface area contributed by atoms with E-state index in [0.717, 1.165) is 59.5 Å². The third kappa shape index (κ3) is 4.18. The molecule has 6 nitrogen and oxygen atoms in total. The zero-order valence-corrected chi connectivity index (χ0v) is 19.3. The van der Waals surface area contributed by atoms with Crippen LogP contribution in [0.15, 0.2) is 60.1 Å². The van der Waals surface area contributed by atoms with Gasteiger partial charge in [0, 0.05) is 59.7 Å². The predicted molar refractivity (Wildman–Crippen MR) is 129 cm³/mol. The number of nitrogens with zero attached hydrogens (tertiary/aromatic N) is 4. The standard InChI is InChI=1S/C24H23ClN4O2S/c1-31-21-8-6-19(7-9-21)27-10-12-28(13-11-27)23(30)14-20-16-32-24-26-22(15-29(20)24)17-2-4-18(25)5-3-17/h2-9,15-16H,10-14H2,1H3. The summed E-state index contributed by atoms with van der Waals surface area (Å²) in [5, 5.41) is 2.73. The van der Waals surface area contributed by atoms with Gasteiger partial charge in [0.2, 0.25) is 5.91 Å². The van der Waals surface area contributed by atoms with Crippen molar-refractivity contribution in [2.24, 2.45) is 0 Å². The van der Waals surface area contributed by atoms with E-state index in [0.29, 0.717) is 11.4 Å². The zero-order valence-electron chi connectivity index (χ0n) is 17.7. The van der Waals surface area contributed by atoms with E-state index < -0.39 is 0 Å². The lowest BCUT2D eigenvalue weighted by molar-refractivity contribution is -0.130. The number of hydrogen-bond donors (Lipinski definition) is 0. The Morgan fingerprint density at radius 3 is 2.47 bits per heavy atom. The first-order valence-corrected chi connectivity index (χ1v) is 11.7. The molecule has 1 fully saturated rings. The number of piperazine rings is 1. The zero-order chi connectivity index (χ0) is 22.1.